The summed E-state index contributed by atoms with van der Waals surface area (Å²) in [7, 11) is 0. The fourth-order valence-electron chi connectivity index (χ4n) is 2.07. The lowest BCUT2D eigenvalue weighted by molar-refractivity contribution is -0.138. The largest absolute Gasteiger partial charge is 0.420 e. The molecular formula is C16H11ClF8N6S2. The van der Waals surface area contributed by atoms with Crippen molar-refractivity contribution in [3.05, 3.63) is 40.9 Å². The van der Waals surface area contributed by atoms with Gasteiger partial charge in [0.25, 0.3) is 0 Å². The smallest absolute Gasteiger partial charge is 0.230 e. The number of thioether (sulfide) groups is 2. The summed E-state index contributed by atoms with van der Waals surface area (Å²) >= 11 is 7.47. The molecule has 3 rings (SSSR count). The highest BCUT2D eigenvalue weighted by Gasteiger charge is 2.36. The van der Waals surface area contributed by atoms with Gasteiger partial charge in [0.05, 0.1) is 0 Å². The maximum Gasteiger partial charge on any atom is 0.420 e. The van der Waals surface area contributed by atoms with Gasteiger partial charge >= 0.3 is 18.9 Å². The molecule has 33 heavy (non-hydrogen) atoms. The van der Waals surface area contributed by atoms with Gasteiger partial charge in [-0.2, -0.15) is 40.2 Å². The van der Waals surface area contributed by atoms with Crippen LogP contribution in [0.2, 0.25) is 5.15 Å². The number of nitrogens with zero attached hydrogens (tertiary/aromatic N) is 6. The maximum atomic E-state index is 12.9. The normalized spacial score (nSPS) is 12.0. The predicted octanol–water partition coefficient (Wildman–Crippen LogP) is 6.35. The SMILES string of the molecule is CSc1ncc(C(F)(F)F)c(-c2ccn(C(F)F)n2)n1.CSc1ncc(C(F)(F)F)c(Cl)n1. The first-order chi connectivity index (χ1) is 15.3. The molecule has 0 fully saturated rings. The van der Waals surface area contributed by atoms with E-state index in [2.05, 4.69) is 25.0 Å². The van der Waals surface area contributed by atoms with Crippen LogP contribution in [0.5, 0.6) is 0 Å². The molecule has 0 N–H and O–H groups in total. The van der Waals surface area contributed by atoms with E-state index in [1.165, 1.54) is 0 Å². The Bertz CT molecular complexity index is 1090. The van der Waals surface area contributed by atoms with Crippen LogP contribution in [0.3, 0.4) is 0 Å². The molecule has 0 saturated heterocycles. The Kier molecular flexibility index (Phi) is 8.87. The fourth-order valence-corrected chi connectivity index (χ4v) is 3.04. The average molecular weight is 539 g/mol. The van der Waals surface area contributed by atoms with Crippen molar-refractivity contribution < 1.29 is 35.1 Å². The number of hydrogen-bond acceptors (Lipinski definition) is 7. The standard InChI is InChI=1S/C10H7F5N4S.C6H4ClF3N2S/c1-20-9-16-4-5(10(13,14)15)7(17-9)6-2-3-19(18-6)8(11)12;1-13-5-11-2-3(4(7)12-5)6(8,9)10/h2-4,8H,1H3;2H,1H3. The lowest BCUT2D eigenvalue weighted by Gasteiger charge is -2.10. The first-order valence-electron chi connectivity index (χ1n) is 8.23. The van der Waals surface area contributed by atoms with Crippen molar-refractivity contribution in [3.8, 4) is 11.4 Å². The molecule has 3 aromatic rings. The van der Waals surface area contributed by atoms with Crippen LogP contribution < -0.4 is 0 Å². The van der Waals surface area contributed by atoms with Gasteiger partial charge in [-0.1, -0.05) is 35.1 Å². The second-order valence-electron chi connectivity index (χ2n) is 5.63. The third kappa shape index (κ3) is 7.14. The Balaban J connectivity index is 0.000000257. The predicted molar refractivity (Wildman–Crippen MR) is 105 cm³/mol. The number of alkyl halides is 8. The monoisotopic (exact) mass is 538 g/mol. The number of aromatic nitrogens is 6. The van der Waals surface area contributed by atoms with E-state index in [1.807, 2.05) is 0 Å². The summed E-state index contributed by atoms with van der Waals surface area (Å²) < 4.78 is 100. The van der Waals surface area contributed by atoms with Gasteiger partial charge in [0.2, 0.25) is 0 Å². The average Bonchev–Trinajstić information content (AvgIpc) is 3.22. The zero-order valence-electron chi connectivity index (χ0n) is 16.3. The van der Waals surface area contributed by atoms with Crippen molar-refractivity contribution in [3.63, 3.8) is 0 Å². The third-order valence-corrected chi connectivity index (χ3v) is 4.93. The van der Waals surface area contributed by atoms with Crippen LogP contribution >= 0.6 is 35.1 Å². The van der Waals surface area contributed by atoms with E-state index in [-0.39, 0.29) is 20.7 Å². The fraction of sp³-hybridized carbons (Fsp3) is 0.312. The van der Waals surface area contributed by atoms with E-state index in [0.29, 0.717) is 12.4 Å². The minimum Gasteiger partial charge on any atom is -0.230 e. The van der Waals surface area contributed by atoms with Crippen LogP contribution in [0.15, 0.2) is 35.0 Å². The molecule has 3 heterocycles. The van der Waals surface area contributed by atoms with Gasteiger partial charge in [-0.3, -0.25) is 0 Å². The first kappa shape index (κ1) is 27.0. The van der Waals surface area contributed by atoms with E-state index >= 15 is 0 Å². The van der Waals surface area contributed by atoms with E-state index in [1.54, 1.807) is 12.5 Å². The third-order valence-electron chi connectivity index (χ3n) is 3.51. The number of rotatable bonds is 4. The minimum atomic E-state index is -4.69. The summed E-state index contributed by atoms with van der Waals surface area (Å²) in [6.07, 6.45) is -3.75. The van der Waals surface area contributed by atoms with Crippen molar-refractivity contribution in [1.29, 1.82) is 0 Å². The van der Waals surface area contributed by atoms with Crippen LogP contribution in [0.4, 0.5) is 35.1 Å². The Hall–Kier alpha value is -2.20. The van der Waals surface area contributed by atoms with Crippen LogP contribution in [0.25, 0.3) is 11.4 Å². The van der Waals surface area contributed by atoms with Gasteiger partial charge in [0.15, 0.2) is 10.3 Å². The molecule has 0 aromatic carbocycles. The van der Waals surface area contributed by atoms with Crippen LogP contribution in [0, 0.1) is 0 Å². The molecule has 0 radical (unpaired) electrons. The molecule has 0 aliphatic carbocycles. The molecule has 0 saturated carbocycles. The van der Waals surface area contributed by atoms with Crippen molar-refractivity contribution in [2.24, 2.45) is 0 Å². The molecule has 6 nitrogen and oxygen atoms in total. The lowest BCUT2D eigenvalue weighted by Crippen LogP contribution is -2.10. The molecule has 0 atom stereocenters. The van der Waals surface area contributed by atoms with E-state index < -0.39 is 40.9 Å². The lowest BCUT2D eigenvalue weighted by atomic mass is 10.2. The van der Waals surface area contributed by atoms with Gasteiger partial charge in [0.1, 0.15) is 27.7 Å². The van der Waals surface area contributed by atoms with Crippen molar-refractivity contribution in [2.75, 3.05) is 12.5 Å². The highest BCUT2D eigenvalue weighted by Crippen LogP contribution is 2.36. The van der Waals surface area contributed by atoms with E-state index in [0.717, 1.165) is 35.8 Å². The molecule has 0 aliphatic heterocycles. The van der Waals surface area contributed by atoms with Crippen molar-refractivity contribution in [2.45, 2.75) is 29.2 Å². The highest BCUT2D eigenvalue weighted by molar-refractivity contribution is 7.98. The molecule has 3 aromatic heterocycles. The van der Waals surface area contributed by atoms with Crippen molar-refractivity contribution in [1.82, 2.24) is 29.7 Å². The molecule has 180 valence electrons. The summed E-state index contributed by atoms with van der Waals surface area (Å²) in [4.78, 5) is 14.2. The summed E-state index contributed by atoms with van der Waals surface area (Å²) in [5.41, 5.74) is -2.92. The topological polar surface area (TPSA) is 69.4 Å². The highest BCUT2D eigenvalue weighted by atomic mass is 35.5. The maximum absolute atomic E-state index is 12.9. The summed E-state index contributed by atoms with van der Waals surface area (Å²) in [6, 6.07) is 1.05. The molecular weight excluding hydrogens is 528 g/mol. The summed E-state index contributed by atoms with van der Waals surface area (Å²) in [5, 5.41) is 3.15. The quantitative estimate of drug-likeness (QED) is 0.166. The molecule has 0 amide bonds. The van der Waals surface area contributed by atoms with Crippen LogP contribution in [0.1, 0.15) is 17.7 Å². The minimum absolute atomic E-state index is 0.0968. The van der Waals surface area contributed by atoms with E-state index in [4.69, 9.17) is 11.6 Å². The van der Waals surface area contributed by atoms with Crippen LogP contribution in [-0.4, -0.2) is 42.2 Å². The second-order valence-corrected chi connectivity index (χ2v) is 7.54. The molecule has 17 heteroatoms. The zero-order valence-corrected chi connectivity index (χ0v) is 18.7. The molecule has 0 bridgehead atoms. The Morgan fingerprint density at radius 3 is 1.82 bits per heavy atom. The van der Waals surface area contributed by atoms with Gasteiger partial charge in [0, 0.05) is 18.6 Å². The first-order valence-corrected chi connectivity index (χ1v) is 11.1. The summed E-state index contributed by atoms with van der Waals surface area (Å²) in [6.45, 7) is -2.93. The summed E-state index contributed by atoms with van der Waals surface area (Å²) in [5.74, 6) is 0. The molecule has 0 aliphatic rings. The van der Waals surface area contributed by atoms with Gasteiger partial charge in [-0.05, 0) is 18.6 Å². The second kappa shape index (κ2) is 10.8. The Morgan fingerprint density at radius 2 is 1.39 bits per heavy atom. The van der Waals surface area contributed by atoms with Gasteiger partial charge < -0.3 is 0 Å². The molecule has 0 spiro atoms. The van der Waals surface area contributed by atoms with Gasteiger partial charge in [-0.25, -0.2) is 24.6 Å². The number of halogens is 9. The zero-order chi connectivity index (χ0) is 25.0. The van der Waals surface area contributed by atoms with Crippen molar-refractivity contribution >= 4 is 35.1 Å². The Morgan fingerprint density at radius 1 is 0.879 bits per heavy atom. The number of hydrogen-bond donors (Lipinski definition) is 0. The Labute approximate surface area is 194 Å². The van der Waals surface area contributed by atoms with Crippen LogP contribution in [-0.2, 0) is 12.4 Å². The van der Waals surface area contributed by atoms with E-state index in [9.17, 15) is 35.1 Å². The molecule has 0 unspecified atom stereocenters. The van der Waals surface area contributed by atoms with Gasteiger partial charge in [-0.15, -0.1) is 0 Å².